The van der Waals surface area contributed by atoms with E-state index in [1.807, 2.05) is 18.2 Å². The van der Waals surface area contributed by atoms with E-state index in [2.05, 4.69) is 6.07 Å². The zero-order chi connectivity index (χ0) is 19.6. The van der Waals surface area contributed by atoms with E-state index < -0.39 is 21.9 Å². The van der Waals surface area contributed by atoms with E-state index in [0.29, 0.717) is 13.1 Å². The molecule has 0 bridgehead atoms. The van der Waals surface area contributed by atoms with Crippen molar-refractivity contribution in [3.63, 3.8) is 0 Å². The van der Waals surface area contributed by atoms with Gasteiger partial charge in [0.1, 0.15) is 0 Å². The standard InChI is InChI=1S/C20H21NO5S/c1-14(19(22)21-12-11-15-5-3-4-6-17(15)13-21)26-20(23)16-7-9-18(10-8-16)27(2,24)25/h3-10,14H,11-13H2,1-2H3/t14-/m0/s1. The Labute approximate surface area is 158 Å². The summed E-state index contributed by atoms with van der Waals surface area (Å²) in [5.74, 6) is -0.904. The number of fused-ring (bicyclic) bond motifs is 1. The molecule has 2 aromatic rings. The van der Waals surface area contributed by atoms with Crippen molar-refractivity contribution in [3.8, 4) is 0 Å². The summed E-state index contributed by atoms with van der Waals surface area (Å²) < 4.78 is 28.2. The lowest BCUT2D eigenvalue weighted by Crippen LogP contribution is -2.42. The Bertz CT molecular complexity index is 966. The second-order valence-corrected chi connectivity index (χ2v) is 8.64. The van der Waals surface area contributed by atoms with Crippen molar-refractivity contribution in [2.45, 2.75) is 30.9 Å². The lowest BCUT2D eigenvalue weighted by Gasteiger charge is -2.30. The number of carbonyl (C=O) groups excluding carboxylic acids is 2. The number of hydrogen-bond donors (Lipinski definition) is 0. The summed E-state index contributed by atoms with van der Waals surface area (Å²) in [6.45, 7) is 2.63. The molecule has 0 saturated carbocycles. The molecule has 1 amide bonds. The third-order valence-electron chi connectivity index (χ3n) is 4.59. The second kappa shape index (κ2) is 7.52. The van der Waals surface area contributed by atoms with Crippen LogP contribution in [0, 0.1) is 0 Å². The zero-order valence-electron chi connectivity index (χ0n) is 15.2. The normalized spacial score (nSPS) is 15.0. The van der Waals surface area contributed by atoms with Gasteiger partial charge in [0.15, 0.2) is 15.9 Å². The van der Waals surface area contributed by atoms with Crippen LogP contribution < -0.4 is 0 Å². The number of benzene rings is 2. The topological polar surface area (TPSA) is 80.8 Å². The van der Waals surface area contributed by atoms with Gasteiger partial charge in [-0.3, -0.25) is 4.79 Å². The Kier molecular flexibility index (Phi) is 5.32. The molecule has 1 atom stereocenters. The second-order valence-electron chi connectivity index (χ2n) is 6.62. The first-order valence-electron chi connectivity index (χ1n) is 8.62. The lowest BCUT2D eigenvalue weighted by molar-refractivity contribution is -0.140. The van der Waals surface area contributed by atoms with Gasteiger partial charge in [-0.15, -0.1) is 0 Å². The predicted molar refractivity (Wildman–Crippen MR) is 100.0 cm³/mol. The molecule has 27 heavy (non-hydrogen) atoms. The summed E-state index contributed by atoms with van der Waals surface area (Å²) in [5.41, 5.74) is 2.54. The van der Waals surface area contributed by atoms with Crippen LogP contribution in [-0.2, 0) is 32.3 Å². The van der Waals surface area contributed by atoms with Crippen molar-refractivity contribution in [1.29, 1.82) is 0 Å². The molecule has 142 valence electrons. The van der Waals surface area contributed by atoms with E-state index in [1.165, 1.54) is 29.8 Å². The zero-order valence-corrected chi connectivity index (χ0v) is 16.0. The minimum Gasteiger partial charge on any atom is -0.449 e. The number of ether oxygens (including phenoxy) is 1. The van der Waals surface area contributed by atoms with Gasteiger partial charge in [-0.1, -0.05) is 24.3 Å². The highest BCUT2D eigenvalue weighted by Crippen LogP contribution is 2.20. The molecule has 7 heteroatoms. The predicted octanol–water partition coefficient (Wildman–Crippen LogP) is 2.22. The molecule has 1 heterocycles. The van der Waals surface area contributed by atoms with E-state index in [-0.39, 0.29) is 16.4 Å². The summed E-state index contributed by atoms with van der Waals surface area (Å²) in [5, 5.41) is 0. The Morgan fingerprint density at radius 1 is 1.04 bits per heavy atom. The number of esters is 1. The molecule has 0 fully saturated rings. The fraction of sp³-hybridized carbons (Fsp3) is 0.300. The molecular weight excluding hydrogens is 366 g/mol. The average Bonchev–Trinajstić information content (AvgIpc) is 2.66. The van der Waals surface area contributed by atoms with Gasteiger partial charge in [0, 0.05) is 19.3 Å². The number of rotatable bonds is 4. The highest BCUT2D eigenvalue weighted by Gasteiger charge is 2.27. The Morgan fingerprint density at radius 3 is 2.30 bits per heavy atom. The molecule has 0 radical (unpaired) electrons. The fourth-order valence-electron chi connectivity index (χ4n) is 3.06. The van der Waals surface area contributed by atoms with Gasteiger partial charge in [-0.05, 0) is 48.7 Å². The summed E-state index contributed by atoms with van der Waals surface area (Å²) in [4.78, 5) is 26.7. The highest BCUT2D eigenvalue weighted by molar-refractivity contribution is 7.90. The van der Waals surface area contributed by atoms with E-state index in [0.717, 1.165) is 18.2 Å². The van der Waals surface area contributed by atoms with Crippen molar-refractivity contribution in [2.24, 2.45) is 0 Å². The van der Waals surface area contributed by atoms with Crippen molar-refractivity contribution >= 4 is 21.7 Å². The van der Waals surface area contributed by atoms with Crippen molar-refractivity contribution in [3.05, 3.63) is 65.2 Å². The maximum absolute atomic E-state index is 12.6. The van der Waals surface area contributed by atoms with Crippen LogP contribution in [0.4, 0.5) is 0 Å². The summed E-state index contributed by atoms with van der Waals surface area (Å²) >= 11 is 0. The van der Waals surface area contributed by atoms with Gasteiger partial charge in [0.2, 0.25) is 0 Å². The number of amides is 1. The molecule has 2 aromatic carbocycles. The largest absolute Gasteiger partial charge is 0.449 e. The van der Waals surface area contributed by atoms with Crippen molar-refractivity contribution in [1.82, 2.24) is 4.90 Å². The minimum absolute atomic E-state index is 0.121. The Balaban J connectivity index is 1.64. The molecule has 0 spiro atoms. The van der Waals surface area contributed by atoms with Crippen LogP contribution in [-0.4, -0.2) is 44.1 Å². The number of carbonyl (C=O) groups is 2. The van der Waals surface area contributed by atoms with Crippen LogP contribution in [0.25, 0.3) is 0 Å². The molecule has 1 aliphatic heterocycles. The fourth-order valence-corrected chi connectivity index (χ4v) is 3.69. The summed E-state index contributed by atoms with van der Waals surface area (Å²) in [6, 6.07) is 13.4. The van der Waals surface area contributed by atoms with Gasteiger partial charge >= 0.3 is 5.97 Å². The first-order chi connectivity index (χ1) is 12.8. The van der Waals surface area contributed by atoms with E-state index >= 15 is 0 Å². The van der Waals surface area contributed by atoms with E-state index in [1.54, 1.807) is 11.8 Å². The Morgan fingerprint density at radius 2 is 1.67 bits per heavy atom. The quantitative estimate of drug-likeness (QED) is 0.752. The molecular formula is C20H21NO5S. The highest BCUT2D eigenvalue weighted by atomic mass is 32.2. The van der Waals surface area contributed by atoms with Crippen LogP contribution in [0.15, 0.2) is 53.4 Å². The maximum Gasteiger partial charge on any atom is 0.338 e. The van der Waals surface area contributed by atoms with Gasteiger partial charge in [-0.2, -0.15) is 0 Å². The van der Waals surface area contributed by atoms with Crippen LogP contribution in [0.2, 0.25) is 0 Å². The Hall–Kier alpha value is -2.67. The van der Waals surface area contributed by atoms with E-state index in [9.17, 15) is 18.0 Å². The first kappa shape index (κ1) is 19.1. The molecule has 0 unspecified atom stereocenters. The average molecular weight is 387 g/mol. The summed E-state index contributed by atoms with van der Waals surface area (Å²) in [7, 11) is -3.33. The molecule has 3 rings (SSSR count). The third-order valence-corrected chi connectivity index (χ3v) is 5.72. The molecule has 0 N–H and O–H groups in total. The van der Waals surface area contributed by atoms with E-state index in [4.69, 9.17) is 4.74 Å². The first-order valence-corrected chi connectivity index (χ1v) is 10.5. The minimum atomic E-state index is -3.33. The molecule has 0 saturated heterocycles. The van der Waals surface area contributed by atoms with Crippen LogP contribution in [0.3, 0.4) is 0 Å². The van der Waals surface area contributed by atoms with Crippen LogP contribution in [0.1, 0.15) is 28.4 Å². The molecule has 0 aliphatic carbocycles. The maximum atomic E-state index is 12.6. The third kappa shape index (κ3) is 4.36. The van der Waals surface area contributed by atoms with Crippen molar-refractivity contribution in [2.75, 3.05) is 12.8 Å². The lowest BCUT2D eigenvalue weighted by atomic mass is 9.99. The molecule has 1 aliphatic rings. The molecule has 0 aromatic heterocycles. The van der Waals surface area contributed by atoms with Gasteiger partial charge < -0.3 is 9.64 Å². The SMILES string of the molecule is C[C@H](OC(=O)c1ccc(S(C)(=O)=O)cc1)C(=O)N1CCc2ccccc2C1. The van der Waals surface area contributed by atoms with Gasteiger partial charge in [-0.25, -0.2) is 13.2 Å². The number of hydrogen-bond acceptors (Lipinski definition) is 5. The molecule has 6 nitrogen and oxygen atoms in total. The van der Waals surface area contributed by atoms with Crippen LogP contribution in [0.5, 0.6) is 0 Å². The smallest absolute Gasteiger partial charge is 0.338 e. The summed E-state index contributed by atoms with van der Waals surface area (Å²) in [6.07, 6.45) is 0.949. The number of nitrogens with zero attached hydrogens (tertiary/aromatic N) is 1. The van der Waals surface area contributed by atoms with Gasteiger partial charge in [0.05, 0.1) is 10.5 Å². The van der Waals surface area contributed by atoms with Crippen LogP contribution >= 0.6 is 0 Å². The monoisotopic (exact) mass is 387 g/mol. The number of sulfone groups is 1. The van der Waals surface area contributed by atoms with Gasteiger partial charge in [0.25, 0.3) is 5.91 Å². The van der Waals surface area contributed by atoms with Crippen molar-refractivity contribution < 1.29 is 22.7 Å².